The predicted molar refractivity (Wildman–Crippen MR) is 141 cm³/mol. The van der Waals surface area contributed by atoms with Gasteiger partial charge in [0.1, 0.15) is 0 Å². The van der Waals surface area contributed by atoms with Crippen LogP contribution < -0.4 is 5.32 Å². The van der Waals surface area contributed by atoms with Crippen LogP contribution in [-0.2, 0) is 26.8 Å². The number of nitrogens with zero attached hydrogens (tertiary/aromatic N) is 4. The first-order chi connectivity index (χ1) is 17.2. The zero-order valence-electron chi connectivity index (χ0n) is 20.8. The van der Waals surface area contributed by atoms with E-state index in [2.05, 4.69) is 46.1 Å². The number of sulfonamides is 1. The van der Waals surface area contributed by atoms with Crippen LogP contribution in [0.1, 0.15) is 45.6 Å². The third-order valence-electron chi connectivity index (χ3n) is 6.94. The Morgan fingerprint density at radius 1 is 1.11 bits per heavy atom. The second-order valence-electron chi connectivity index (χ2n) is 10.1. The van der Waals surface area contributed by atoms with Crippen LogP contribution in [0.25, 0.3) is 11.4 Å². The molecule has 1 unspecified atom stereocenters. The highest BCUT2D eigenvalue weighted by atomic mass is 32.2. The van der Waals surface area contributed by atoms with Crippen molar-refractivity contribution < 1.29 is 13.2 Å². The van der Waals surface area contributed by atoms with Crippen molar-refractivity contribution in [3.05, 3.63) is 54.1 Å². The average Bonchev–Trinajstić information content (AvgIpc) is 3.29. The minimum atomic E-state index is -3.54. The summed E-state index contributed by atoms with van der Waals surface area (Å²) in [4.78, 5) is 12.9. The Balaban J connectivity index is 1.25. The number of anilines is 1. The Kier molecular flexibility index (Phi) is 6.69. The van der Waals surface area contributed by atoms with E-state index in [9.17, 15) is 13.2 Å². The van der Waals surface area contributed by atoms with Crippen molar-refractivity contribution >= 4 is 33.4 Å². The number of nitrogens with one attached hydrogen (secondary N) is 1. The van der Waals surface area contributed by atoms with Gasteiger partial charge < -0.3 is 5.32 Å². The molecule has 1 N–H and O–H groups in total. The molecule has 1 aromatic heterocycles. The van der Waals surface area contributed by atoms with Crippen molar-refractivity contribution in [2.24, 2.45) is 0 Å². The average molecular weight is 526 g/mol. The summed E-state index contributed by atoms with van der Waals surface area (Å²) in [6.07, 6.45) is 3.68. The van der Waals surface area contributed by atoms with Crippen molar-refractivity contribution in [2.75, 3.05) is 17.6 Å². The second kappa shape index (κ2) is 9.64. The third kappa shape index (κ3) is 4.69. The first kappa shape index (κ1) is 25.0. The van der Waals surface area contributed by atoms with E-state index in [4.69, 9.17) is 0 Å². The Labute approximate surface area is 216 Å². The lowest BCUT2D eigenvalue weighted by Crippen LogP contribution is -2.41. The number of fused-ring (bicyclic) bond motifs is 3. The Bertz CT molecular complexity index is 1380. The number of rotatable bonds is 6. The van der Waals surface area contributed by atoms with Gasteiger partial charge in [-0.2, -0.15) is 4.31 Å². The SMILES string of the molecule is CC1CCCCN1S(=O)(=O)c1ccc(NC(=O)CSc2nnc3n2C(C)(C)Cc2ccccc2-3)cc1. The molecule has 190 valence electrons. The highest BCUT2D eigenvalue weighted by Gasteiger charge is 2.34. The van der Waals surface area contributed by atoms with Crippen LogP contribution in [0.5, 0.6) is 0 Å². The monoisotopic (exact) mass is 525 g/mol. The fraction of sp³-hybridized carbons (Fsp3) is 0.423. The van der Waals surface area contributed by atoms with Gasteiger partial charge in [0, 0.05) is 29.4 Å². The van der Waals surface area contributed by atoms with Crippen molar-refractivity contribution in [3.8, 4) is 11.4 Å². The van der Waals surface area contributed by atoms with Crippen LogP contribution >= 0.6 is 11.8 Å². The van der Waals surface area contributed by atoms with Crippen LogP contribution in [0, 0.1) is 0 Å². The maximum atomic E-state index is 13.0. The highest BCUT2D eigenvalue weighted by Crippen LogP contribution is 2.39. The summed E-state index contributed by atoms with van der Waals surface area (Å²) < 4.78 is 29.8. The highest BCUT2D eigenvalue weighted by molar-refractivity contribution is 7.99. The summed E-state index contributed by atoms with van der Waals surface area (Å²) in [5.41, 5.74) is 2.68. The van der Waals surface area contributed by atoms with Crippen LogP contribution in [0.2, 0.25) is 0 Å². The molecule has 10 heteroatoms. The minimum Gasteiger partial charge on any atom is -0.325 e. The molecule has 2 aromatic carbocycles. The van der Waals surface area contributed by atoms with Gasteiger partial charge in [0.25, 0.3) is 0 Å². The number of carbonyl (C=O) groups excluding carboxylic acids is 1. The summed E-state index contributed by atoms with van der Waals surface area (Å²) in [7, 11) is -3.54. The molecule has 1 saturated heterocycles. The Morgan fingerprint density at radius 2 is 1.86 bits per heavy atom. The lowest BCUT2D eigenvalue weighted by molar-refractivity contribution is -0.113. The van der Waals surface area contributed by atoms with E-state index in [1.54, 1.807) is 28.6 Å². The van der Waals surface area contributed by atoms with Gasteiger partial charge >= 0.3 is 0 Å². The largest absolute Gasteiger partial charge is 0.325 e. The molecule has 8 nitrogen and oxygen atoms in total. The van der Waals surface area contributed by atoms with Crippen LogP contribution in [0.15, 0.2) is 58.6 Å². The number of thioether (sulfide) groups is 1. The van der Waals surface area contributed by atoms with E-state index in [-0.39, 0.29) is 28.1 Å². The van der Waals surface area contributed by atoms with Crippen molar-refractivity contribution in [3.63, 3.8) is 0 Å². The molecule has 36 heavy (non-hydrogen) atoms. The van der Waals surface area contributed by atoms with E-state index in [1.165, 1.54) is 17.3 Å². The zero-order chi connectivity index (χ0) is 25.5. The molecular weight excluding hydrogens is 494 g/mol. The number of hydrogen-bond donors (Lipinski definition) is 1. The van der Waals surface area contributed by atoms with Crippen molar-refractivity contribution in [1.29, 1.82) is 0 Å². The molecule has 3 aromatic rings. The summed E-state index contributed by atoms with van der Waals surface area (Å²) in [6, 6.07) is 14.6. The molecule has 2 aliphatic heterocycles. The normalized spacial score (nSPS) is 19.4. The fourth-order valence-corrected chi connectivity index (χ4v) is 7.72. The molecule has 5 rings (SSSR count). The predicted octanol–water partition coefficient (Wildman–Crippen LogP) is 4.53. The standard InChI is InChI=1S/C26H31N5O3S2/c1-18-8-6-7-15-30(18)36(33,34)21-13-11-20(12-14-21)27-23(32)17-35-25-29-28-24-22-10-5-4-9-19(22)16-26(2,3)31(24)25/h4-5,9-14,18H,6-8,15-17H2,1-3H3,(H,27,32). The molecule has 0 saturated carbocycles. The first-order valence-electron chi connectivity index (χ1n) is 12.3. The second-order valence-corrected chi connectivity index (χ2v) is 12.9. The van der Waals surface area contributed by atoms with Crippen LogP contribution in [-0.4, -0.2) is 51.7 Å². The van der Waals surface area contributed by atoms with Gasteiger partial charge in [-0.05, 0) is 69.9 Å². The zero-order valence-corrected chi connectivity index (χ0v) is 22.4. The van der Waals surface area contributed by atoms with Crippen LogP contribution in [0.4, 0.5) is 5.69 Å². The molecule has 1 atom stereocenters. The molecule has 3 heterocycles. The number of aromatic nitrogens is 3. The molecule has 1 fully saturated rings. The van der Waals surface area contributed by atoms with Crippen molar-refractivity contribution in [2.45, 2.75) is 68.1 Å². The number of amides is 1. The molecule has 1 amide bonds. The van der Waals surface area contributed by atoms with E-state index >= 15 is 0 Å². The summed E-state index contributed by atoms with van der Waals surface area (Å²) in [5.74, 6) is 0.803. The maximum Gasteiger partial charge on any atom is 0.243 e. The fourth-order valence-electron chi connectivity index (χ4n) is 5.12. The number of piperidine rings is 1. The lowest BCUT2D eigenvalue weighted by atomic mass is 9.87. The summed E-state index contributed by atoms with van der Waals surface area (Å²) >= 11 is 1.35. The first-order valence-corrected chi connectivity index (χ1v) is 14.7. The van der Waals surface area contributed by atoms with E-state index in [1.807, 2.05) is 19.1 Å². The van der Waals surface area contributed by atoms with Gasteiger partial charge in [-0.3, -0.25) is 9.36 Å². The molecule has 0 radical (unpaired) electrons. The molecule has 0 bridgehead atoms. The van der Waals surface area contributed by atoms with E-state index < -0.39 is 10.0 Å². The smallest absolute Gasteiger partial charge is 0.243 e. The van der Waals surface area contributed by atoms with Gasteiger partial charge in [-0.15, -0.1) is 10.2 Å². The Morgan fingerprint density at radius 3 is 2.61 bits per heavy atom. The van der Waals surface area contributed by atoms with Gasteiger partial charge in [-0.25, -0.2) is 8.42 Å². The summed E-state index contributed by atoms with van der Waals surface area (Å²) in [6.45, 7) is 6.81. The number of benzene rings is 2. The molecule has 0 spiro atoms. The van der Waals surface area contributed by atoms with Gasteiger partial charge in [0.15, 0.2) is 11.0 Å². The van der Waals surface area contributed by atoms with Crippen molar-refractivity contribution in [1.82, 2.24) is 19.1 Å². The molecule has 0 aliphatic carbocycles. The topological polar surface area (TPSA) is 97.2 Å². The van der Waals surface area contributed by atoms with Gasteiger partial charge in [0.2, 0.25) is 15.9 Å². The lowest BCUT2D eigenvalue weighted by Gasteiger charge is -2.34. The van der Waals surface area contributed by atoms with Crippen LogP contribution in [0.3, 0.4) is 0 Å². The Hall–Kier alpha value is -2.69. The molecular formula is C26H31N5O3S2. The third-order valence-corrected chi connectivity index (χ3v) is 9.90. The minimum absolute atomic E-state index is 0.00140. The number of carbonyl (C=O) groups is 1. The van der Waals surface area contributed by atoms with E-state index in [0.717, 1.165) is 37.1 Å². The van der Waals surface area contributed by atoms with Gasteiger partial charge in [0.05, 0.1) is 10.6 Å². The maximum absolute atomic E-state index is 13.0. The number of hydrogen-bond acceptors (Lipinski definition) is 6. The van der Waals surface area contributed by atoms with E-state index in [0.29, 0.717) is 17.4 Å². The quantitative estimate of drug-likeness (QED) is 0.475. The van der Waals surface area contributed by atoms with Gasteiger partial charge in [-0.1, -0.05) is 42.4 Å². The summed E-state index contributed by atoms with van der Waals surface area (Å²) in [5, 5.41) is 12.4. The molecule has 2 aliphatic rings.